The van der Waals surface area contributed by atoms with Crippen molar-refractivity contribution in [3.05, 3.63) is 0 Å². The molecule has 0 aromatic carbocycles. The van der Waals surface area contributed by atoms with E-state index in [2.05, 4.69) is 6.92 Å². The zero-order valence-corrected chi connectivity index (χ0v) is 12.8. The first-order valence-electron chi connectivity index (χ1n) is 7.24. The third kappa shape index (κ3) is 4.07. The fourth-order valence-corrected chi connectivity index (χ4v) is 3.22. The van der Waals surface area contributed by atoms with Crippen molar-refractivity contribution in [3.8, 4) is 0 Å². The summed E-state index contributed by atoms with van der Waals surface area (Å²) in [6.07, 6.45) is 6.39. The second kappa shape index (κ2) is 7.46. The third-order valence-electron chi connectivity index (χ3n) is 4.45. The first-order valence-corrected chi connectivity index (χ1v) is 7.24. The van der Waals surface area contributed by atoms with Crippen LogP contribution in [0.15, 0.2) is 0 Å². The summed E-state index contributed by atoms with van der Waals surface area (Å²) in [6.45, 7) is 2.80. The fourth-order valence-electron chi connectivity index (χ4n) is 3.22. The van der Waals surface area contributed by atoms with Gasteiger partial charge in [-0.1, -0.05) is 19.8 Å². The molecule has 4 atom stereocenters. The summed E-state index contributed by atoms with van der Waals surface area (Å²) in [6, 6.07) is 0.404. The van der Waals surface area contributed by atoms with Crippen molar-refractivity contribution < 1.29 is 9.53 Å². The highest BCUT2D eigenvalue weighted by Gasteiger charge is 2.34. The molecule has 5 heteroatoms. The van der Waals surface area contributed by atoms with Crippen molar-refractivity contribution >= 4 is 18.3 Å². The van der Waals surface area contributed by atoms with Gasteiger partial charge in [-0.2, -0.15) is 0 Å². The topological polar surface area (TPSA) is 55.6 Å². The lowest BCUT2D eigenvalue weighted by atomic mass is 9.86. The summed E-state index contributed by atoms with van der Waals surface area (Å²) in [7, 11) is 1.93. The highest BCUT2D eigenvalue weighted by Crippen LogP contribution is 2.28. The molecule has 0 aromatic rings. The minimum absolute atomic E-state index is 0. The molecule has 2 fully saturated rings. The SMILES string of the molecule is CC1CCCC(N(C)C(=O)[C@@H]2CC[C@H](CN)O2)C1.Cl. The van der Waals surface area contributed by atoms with Crippen LogP contribution in [0, 0.1) is 5.92 Å². The van der Waals surface area contributed by atoms with Gasteiger partial charge in [-0.25, -0.2) is 0 Å². The lowest BCUT2D eigenvalue weighted by Crippen LogP contribution is -2.45. The average molecular weight is 291 g/mol. The molecule has 1 saturated heterocycles. The molecule has 2 N–H and O–H groups in total. The Morgan fingerprint density at radius 1 is 1.32 bits per heavy atom. The number of hydrogen-bond acceptors (Lipinski definition) is 3. The predicted octanol–water partition coefficient (Wildman–Crippen LogP) is 1.95. The van der Waals surface area contributed by atoms with Crippen LogP contribution in [0.1, 0.15) is 45.4 Å². The molecule has 1 aliphatic heterocycles. The maximum atomic E-state index is 12.4. The Morgan fingerprint density at radius 3 is 2.63 bits per heavy atom. The number of nitrogens with two attached hydrogens (primary N) is 1. The first kappa shape index (κ1) is 16.7. The van der Waals surface area contributed by atoms with Crippen LogP contribution in [0.3, 0.4) is 0 Å². The number of ether oxygens (including phenoxy) is 1. The zero-order chi connectivity index (χ0) is 13.1. The van der Waals surface area contributed by atoms with Gasteiger partial charge in [0.15, 0.2) is 0 Å². The molecule has 0 spiro atoms. The Labute approximate surface area is 122 Å². The Morgan fingerprint density at radius 2 is 2.05 bits per heavy atom. The van der Waals surface area contributed by atoms with E-state index in [1.807, 2.05) is 11.9 Å². The summed E-state index contributed by atoms with van der Waals surface area (Å²) >= 11 is 0. The number of rotatable bonds is 3. The van der Waals surface area contributed by atoms with E-state index in [-0.39, 0.29) is 30.5 Å². The second-order valence-corrected chi connectivity index (χ2v) is 5.93. The van der Waals surface area contributed by atoms with Crippen molar-refractivity contribution in [1.82, 2.24) is 4.90 Å². The number of nitrogens with zero attached hydrogens (tertiary/aromatic N) is 1. The highest BCUT2D eigenvalue weighted by molar-refractivity contribution is 5.85. The van der Waals surface area contributed by atoms with Gasteiger partial charge in [-0.3, -0.25) is 4.79 Å². The number of likely N-dealkylation sites (N-methyl/N-ethyl adjacent to an activating group) is 1. The molecule has 19 heavy (non-hydrogen) atoms. The van der Waals surface area contributed by atoms with Crippen molar-refractivity contribution in [3.63, 3.8) is 0 Å². The standard InChI is InChI=1S/C14H26N2O2.ClH/c1-10-4-3-5-11(8-10)16(2)14(17)13-7-6-12(9-15)18-13;/h10-13H,3-9,15H2,1-2H3;1H/t10?,11?,12-,13+;/m1./s1. The summed E-state index contributed by atoms with van der Waals surface area (Å²) in [5.74, 6) is 0.894. The van der Waals surface area contributed by atoms with Crippen LogP contribution in [0.25, 0.3) is 0 Å². The molecule has 1 saturated carbocycles. The number of hydrogen-bond donors (Lipinski definition) is 1. The van der Waals surface area contributed by atoms with E-state index in [1.165, 1.54) is 12.8 Å². The van der Waals surface area contributed by atoms with Crippen molar-refractivity contribution in [2.75, 3.05) is 13.6 Å². The molecule has 112 valence electrons. The molecule has 0 aromatic heterocycles. The smallest absolute Gasteiger partial charge is 0.251 e. The van der Waals surface area contributed by atoms with Crippen LogP contribution in [0.2, 0.25) is 0 Å². The lowest BCUT2D eigenvalue weighted by Gasteiger charge is -2.35. The van der Waals surface area contributed by atoms with Gasteiger partial charge in [0.25, 0.3) is 5.91 Å². The normalized spacial score (nSPS) is 34.7. The van der Waals surface area contributed by atoms with Crippen LogP contribution in [-0.2, 0) is 9.53 Å². The van der Waals surface area contributed by atoms with Gasteiger partial charge in [0.05, 0.1) is 6.10 Å². The Bertz CT molecular complexity index is 301. The Balaban J connectivity index is 0.00000180. The van der Waals surface area contributed by atoms with Gasteiger partial charge in [0.1, 0.15) is 6.10 Å². The van der Waals surface area contributed by atoms with Crippen molar-refractivity contribution in [2.45, 2.75) is 63.7 Å². The van der Waals surface area contributed by atoms with Gasteiger partial charge in [-0.15, -0.1) is 12.4 Å². The van der Waals surface area contributed by atoms with Crippen LogP contribution in [0.5, 0.6) is 0 Å². The minimum atomic E-state index is -0.249. The molecule has 0 bridgehead atoms. The van der Waals surface area contributed by atoms with Crippen molar-refractivity contribution in [2.24, 2.45) is 11.7 Å². The van der Waals surface area contributed by atoms with E-state index in [4.69, 9.17) is 10.5 Å². The summed E-state index contributed by atoms with van der Waals surface area (Å²) in [4.78, 5) is 14.3. The average Bonchev–Trinajstić information content (AvgIpc) is 2.85. The molecule has 2 aliphatic rings. The van der Waals surface area contributed by atoms with Crippen LogP contribution < -0.4 is 5.73 Å². The summed E-state index contributed by atoms with van der Waals surface area (Å²) in [5, 5.41) is 0. The van der Waals surface area contributed by atoms with Crippen molar-refractivity contribution in [1.29, 1.82) is 0 Å². The van der Waals surface area contributed by atoms with Crippen LogP contribution >= 0.6 is 12.4 Å². The molecule has 0 radical (unpaired) electrons. The van der Waals surface area contributed by atoms with Gasteiger partial charge in [-0.05, 0) is 31.6 Å². The number of amides is 1. The molecule has 1 amide bonds. The minimum Gasteiger partial charge on any atom is -0.364 e. The first-order chi connectivity index (χ1) is 8.61. The van der Waals surface area contributed by atoms with E-state index in [9.17, 15) is 4.79 Å². The van der Waals surface area contributed by atoms with E-state index in [0.29, 0.717) is 12.6 Å². The van der Waals surface area contributed by atoms with E-state index < -0.39 is 0 Å². The maximum Gasteiger partial charge on any atom is 0.251 e. The fraction of sp³-hybridized carbons (Fsp3) is 0.929. The molecule has 4 nitrogen and oxygen atoms in total. The predicted molar refractivity (Wildman–Crippen MR) is 78.4 cm³/mol. The molecule has 2 rings (SSSR count). The molecular formula is C14H27ClN2O2. The number of carbonyl (C=O) groups excluding carboxylic acids is 1. The van der Waals surface area contributed by atoms with E-state index in [0.717, 1.165) is 31.6 Å². The second-order valence-electron chi connectivity index (χ2n) is 5.93. The molecule has 2 unspecified atom stereocenters. The van der Waals surface area contributed by atoms with Crippen LogP contribution in [-0.4, -0.2) is 42.6 Å². The van der Waals surface area contributed by atoms with Gasteiger partial charge >= 0.3 is 0 Å². The van der Waals surface area contributed by atoms with Gasteiger partial charge in [0, 0.05) is 19.6 Å². The molecular weight excluding hydrogens is 264 g/mol. The molecule has 1 heterocycles. The monoisotopic (exact) mass is 290 g/mol. The lowest BCUT2D eigenvalue weighted by molar-refractivity contribution is -0.144. The largest absolute Gasteiger partial charge is 0.364 e. The van der Waals surface area contributed by atoms with Crippen LogP contribution in [0.4, 0.5) is 0 Å². The molecule has 1 aliphatic carbocycles. The summed E-state index contributed by atoms with van der Waals surface area (Å²) < 4.78 is 5.69. The zero-order valence-electron chi connectivity index (χ0n) is 12.0. The van der Waals surface area contributed by atoms with Gasteiger partial charge < -0.3 is 15.4 Å². The Hall–Kier alpha value is -0.320. The highest BCUT2D eigenvalue weighted by atomic mass is 35.5. The van der Waals surface area contributed by atoms with E-state index >= 15 is 0 Å². The van der Waals surface area contributed by atoms with E-state index in [1.54, 1.807) is 0 Å². The maximum absolute atomic E-state index is 12.4. The van der Waals surface area contributed by atoms with Gasteiger partial charge in [0.2, 0.25) is 0 Å². The quantitative estimate of drug-likeness (QED) is 0.864. The third-order valence-corrected chi connectivity index (χ3v) is 4.45. The summed E-state index contributed by atoms with van der Waals surface area (Å²) in [5.41, 5.74) is 5.58. The number of halogens is 1. The Kier molecular flexibility index (Phi) is 6.57. The number of carbonyl (C=O) groups is 1.